The molecule has 0 unspecified atom stereocenters. The van der Waals surface area contributed by atoms with Gasteiger partial charge >= 0.3 is 0 Å². The van der Waals surface area contributed by atoms with Gasteiger partial charge in [-0.15, -0.1) is 0 Å². The van der Waals surface area contributed by atoms with E-state index in [1.54, 1.807) is 24.4 Å². The number of aromatic nitrogens is 3. The van der Waals surface area contributed by atoms with Crippen LogP contribution in [-0.2, 0) is 0 Å². The molecule has 1 aliphatic heterocycles. The second kappa shape index (κ2) is 9.26. The molecule has 0 saturated carbocycles. The molecule has 0 bridgehead atoms. The van der Waals surface area contributed by atoms with Crippen LogP contribution in [0.25, 0.3) is 0 Å². The summed E-state index contributed by atoms with van der Waals surface area (Å²) in [7, 11) is 0. The average molecular weight is 459 g/mol. The molecule has 3 aromatic rings. The van der Waals surface area contributed by atoms with E-state index in [2.05, 4.69) is 15.4 Å². The summed E-state index contributed by atoms with van der Waals surface area (Å²) in [6.07, 6.45) is 8.35. The van der Waals surface area contributed by atoms with Crippen LogP contribution in [0, 0.1) is 5.41 Å². The van der Waals surface area contributed by atoms with Crippen molar-refractivity contribution in [2.75, 3.05) is 18.8 Å². The summed E-state index contributed by atoms with van der Waals surface area (Å²) in [6.45, 7) is 3.82. The van der Waals surface area contributed by atoms with E-state index in [4.69, 9.17) is 39.1 Å². The lowest BCUT2D eigenvalue weighted by Gasteiger charge is -2.22. The van der Waals surface area contributed by atoms with E-state index in [1.165, 1.54) is 12.4 Å². The Kier molecular flexibility index (Phi) is 6.46. The van der Waals surface area contributed by atoms with E-state index in [0.29, 0.717) is 44.4 Å². The van der Waals surface area contributed by atoms with Gasteiger partial charge in [0.25, 0.3) is 0 Å². The number of ether oxygens (including phenoxy) is 1. The van der Waals surface area contributed by atoms with Crippen LogP contribution in [0.3, 0.4) is 0 Å². The van der Waals surface area contributed by atoms with Crippen molar-refractivity contribution < 1.29 is 4.74 Å². The number of piperidine rings is 1. The molecular formula is C22H24Cl2N6O. The number of rotatable bonds is 6. The minimum atomic E-state index is -0.406. The first-order valence-electron chi connectivity index (χ1n) is 10.1. The fraction of sp³-hybridized carbons (Fsp3) is 0.318. The highest BCUT2D eigenvalue weighted by atomic mass is 35.5. The second-order valence-electron chi connectivity index (χ2n) is 7.59. The summed E-state index contributed by atoms with van der Waals surface area (Å²) < 4.78 is 8.02. The maximum Gasteiger partial charge on any atom is 0.124 e. The van der Waals surface area contributed by atoms with Crippen molar-refractivity contribution in [1.82, 2.24) is 20.1 Å². The Morgan fingerprint density at radius 3 is 2.65 bits per heavy atom. The number of pyridine rings is 1. The number of anilines is 1. The molecule has 1 aromatic carbocycles. The first-order chi connectivity index (χ1) is 14.9. The fourth-order valence-electron chi connectivity index (χ4n) is 3.79. The minimum Gasteiger partial charge on any atom is -0.486 e. The summed E-state index contributed by atoms with van der Waals surface area (Å²) in [5, 5.41) is 17.4. The standard InChI is InChI=1S/C22H24Cl2N6O/c1-13(21-18(23)10-28-11-19(21)24)31-16-2-3-20(25)17(8-16)22(26)14-9-29-30(12-14)15-4-6-27-7-5-15/h2-3,8-13,15,26-27H,4-7,25H2,1H3/t13-/m1/s1. The number of nitrogens with one attached hydrogen (secondary N) is 2. The second-order valence-corrected chi connectivity index (χ2v) is 8.41. The van der Waals surface area contributed by atoms with Crippen LogP contribution < -0.4 is 15.8 Å². The highest BCUT2D eigenvalue weighted by Crippen LogP contribution is 2.33. The smallest absolute Gasteiger partial charge is 0.124 e. The van der Waals surface area contributed by atoms with Crippen LogP contribution in [0.2, 0.25) is 10.0 Å². The molecule has 9 heteroatoms. The molecule has 7 nitrogen and oxygen atoms in total. The van der Waals surface area contributed by atoms with Gasteiger partial charge in [-0.3, -0.25) is 15.1 Å². The first-order valence-corrected chi connectivity index (χ1v) is 10.9. The Morgan fingerprint density at radius 1 is 1.23 bits per heavy atom. The summed E-state index contributed by atoms with van der Waals surface area (Å²) in [5.74, 6) is 0.566. The van der Waals surface area contributed by atoms with Crippen molar-refractivity contribution in [2.45, 2.75) is 31.9 Å². The van der Waals surface area contributed by atoms with Gasteiger partial charge in [-0.2, -0.15) is 5.10 Å². The Hall–Kier alpha value is -2.61. The van der Waals surface area contributed by atoms with Crippen LogP contribution >= 0.6 is 23.2 Å². The third-order valence-corrected chi connectivity index (χ3v) is 6.08. The van der Waals surface area contributed by atoms with Crippen LogP contribution in [-0.4, -0.2) is 33.6 Å². The van der Waals surface area contributed by atoms with Gasteiger partial charge in [0.1, 0.15) is 11.9 Å². The monoisotopic (exact) mass is 458 g/mol. The normalized spacial score (nSPS) is 15.6. The quantitative estimate of drug-likeness (QED) is 0.368. The summed E-state index contributed by atoms with van der Waals surface area (Å²) in [5.41, 5.74) is 8.95. The number of benzene rings is 1. The predicted molar refractivity (Wildman–Crippen MR) is 123 cm³/mol. The average Bonchev–Trinajstić information content (AvgIpc) is 3.25. The molecule has 0 radical (unpaired) electrons. The number of hydrogen-bond donors (Lipinski definition) is 3. The third-order valence-electron chi connectivity index (χ3n) is 5.48. The molecule has 1 aliphatic rings. The van der Waals surface area contributed by atoms with E-state index in [1.807, 2.05) is 17.8 Å². The Balaban J connectivity index is 1.55. The lowest BCUT2D eigenvalue weighted by molar-refractivity contribution is 0.227. The predicted octanol–water partition coefficient (Wildman–Crippen LogP) is 4.65. The lowest BCUT2D eigenvalue weighted by Crippen LogP contribution is -2.29. The van der Waals surface area contributed by atoms with Gasteiger partial charge < -0.3 is 15.8 Å². The maximum atomic E-state index is 8.70. The topological polar surface area (TPSA) is 102 Å². The van der Waals surface area contributed by atoms with Crippen molar-refractivity contribution in [3.05, 3.63) is 69.7 Å². The minimum absolute atomic E-state index is 0.302. The molecule has 1 saturated heterocycles. The highest BCUT2D eigenvalue weighted by molar-refractivity contribution is 6.35. The van der Waals surface area contributed by atoms with Crippen molar-refractivity contribution in [1.29, 1.82) is 5.41 Å². The molecule has 0 amide bonds. The Bertz CT molecular complexity index is 1070. The largest absolute Gasteiger partial charge is 0.486 e. The van der Waals surface area contributed by atoms with Gasteiger partial charge in [0.2, 0.25) is 0 Å². The van der Waals surface area contributed by atoms with Crippen molar-refractivity contribution >= 4 is 34.6 Å². The van der Waals surface area contributed by atoms with Gasteiger partial charge in [-0.05, 0) is 51.1 Å². The Morgan fingerprint density at radius 2 is 1.94 bits per heavy atom. The maximum absolute atomic E-state index is 8.70. The molecule has 1 fully saturated rings. The third kappa shape index (κ3) is 4.69. The molecule has 0 spiro atoms. The summed E-state index contributed by atoms with van der Waals surface area (Å²) >= 11 is 12.5. The van der Waals surface area contributed by atoms with Gasteiger partial charge in [0, 0.05) is 41.0 Å². The van der Waals surface area contributed by atoms with Gasteiger partial charge in [-0.1, -0.05) is 23.2 Å². The SMILES string of the molecule is C[C@@H](Oc1ccc(N)c(C(=N)c2cnn(C3CCNCC3)c2)c1)c1c(Cl)cncc1Cl. The van der Waals surface area contributed by atoms with Crippen molar-refractivity contribution in [3.63, 3.8) is 0 Å². The van der Waals surface area contributed by atoms with E-state index in [9.17, 15) is 0 Å². The summed E-state index contributed by atoms with van der Waals surface area (Å²) in [6, 6.07) is 5.62. The van der Waals surface area contributed by atoms with Crippen molar-refractivity contribution in [2.24, 2.45) is 0 Å². The van der Waals surface area contributed by atoms with E-state index in [-0.39, 0.29) is 0 Å². The molecular weight excluding hydrogens is 435 g/mol. The van der Waals surface area contributed by atoms with Gasteiger partial charge in [0.15, 0.2) is 0 Å². The van der Waals surface area contributed by atoms with Crippen LogP contribution in [0.4, 0.5) is 5.69 Å². The number of nitrogen functional groups attached to an aromatic ring is 1. The summed E-state index contributed by atoms with van der Waals surface area (Å²) in [4.78, 5) is 3.98. The molecule has 31 heavy (non-hydrogen) atoms. The zero-order chi connectivity index (χ0) is 22.0. The van der Waals surface area contributed by atoms with Gasteiger partial charge in [0.05, 0.1) is 28.0 Å². The molecule has 4 rings (SSSR count). The molecule has 3 heterocycles. The van der Waals surface area contributed by atoms with Gasteiger partial charge in [-0.25, -0.2) is 0 Å². The molecule has 0 aliphatic carbocycles. The molecule has 4 N–H and O–H groups in total. The van der Waals surface area contributed by atoms with Crippen molar-refractivity contribution in [3.8, 4) is 5.75 Å². The number of nitrogens with zero attached hydrogens (tertiary/aromatic N) is 3. The first kappa shape index (κ1) is 21.6. The molecule has 2 aromatic heterocycles. The van der Waals surface area contributed by atoms with E-state index in [0.717, 1.165) is 31.5 Å². The molecule has 162 valence electrons. The fourth-order valence-corrected chi connectivity index (χ4v) is 4.46. The van der Waals surface area contributed by atoms with Crippen LogP contribution in [0.15, 0.2) is 43.0 Å². The van der Waals surface area contributed by atoms with Crippen LogP contribution in [0.1, 0.15) is 48.6 Å². The number of halogens is 2. The van der Waals surface area contributed by atoms with Crippen LogP contribution in [0.5, 0.6) is 5.75 Å². The van der Waals surface area contributed by atoms with E-state index < -0.39 is 6.10 Å². The lowest BCUT2D eigenvalue weighted by atomic mass is 10.0. The number of nitrogens with two attached hydrogens (primary N) is 1. The van der Waals surface area contributed by atoms with E-state index >= 15 is 0 Å². The zero-order valence-electron chi connectivity index (χ0n) is 17.1. The zero-order valence-corrected chi connectivity index (χ0v) is 18.6. The highest BCUT2D eigenvalue weighted by Gasteiger charge is 2.20. The Labute approximate surface area is 191 Å². The number of hydrogen-bond acceptors (Lipinski definition) is 6. The molecule has 1 atom stereocenters.